The van der Waals surface area contributed by atoms with Crippen molar-refractivity contribution in [2.45, 2.75) is 52.6 Å². The summed E-state index contributed by atoms with van der Waals surface area (Å²) in [4.78, 5) is 12.8. The number of Topliss-reactive ketones (excluding diaryl/α,β-unsaturated/α-hetero) is 1. The lowest BCUT2D eigenvalue weighted by Gasteiger charge is -2.48. The molecule has 118 valence electrons. The van der Waals surface area contributed by atoms with Gasteiger partial charge in [-0.25, -0.2) is 0 Å². The average molecular weight is 299 g/mol. The first-order chi connectivity index (χ1) is 10.3. The van der Waals surface area contributed by atoms with E-state index in [-0.39, 0.29) is 23.5 Å². The van der Waals surface area contributed by atoms with E-state index in [4.69, 9.17) is 0 Å². The third kappa shape index (κ3) is 1.86. The van der Waals surface area contributed by atoms with Crippen molar-refractivity contribution in [2.24, 2.45) is 29.6 Å². The normalized spacial score (nSPS) is 43.6. The van der Waals surface area contributed by atoms with Crippen molar-refractivity contribution in [3.63, 3.8) is 0 Å². The Labute approximate surface area is 132 Å². The molecule has 0 aromatic carbocycles. The molecule has 3 nitrogen and oxygen atoms in total. The number of allylic oxidation sites excluding steroid dienone is 2. The highest BCUT2D eigenvalue weighted by molar-refractivity contribution is 6.05. The van der Waals surface area contributed by atoms with Crippen molar-refractivity contribution in [3.8, 4) is 6.07 Å². The highest BCUT2D eigenvalue weighted by Crippen LogP contribution is 2.59. The van der Waals surface area contributed by atoms with E-state index in [0.717, 1.165) is 36.0 Å². The Hall–Kier alpha value is -1.40. The molecule has 3 aliphatic carbocycles. The van der Waals surface area contributed by atoms with Gasteiger partial charge < -0.3 is 5.11 Å². The third-order valence-electron chi connectivity index (χ3n) is 6.01. The molecule has 0 aromatic heterocycles. The topological polar surface area (TPSA) is 61.1 Å². The number of aliphatic hydroxyl groups is 1. The molecule has 1 saturated carbocycles. The van der Waals surface area contributed by atoms with Gasteiger partial charge in [-0.3, -0.25) is 4.79 Å². The molecule has 0 heterocycles. The van der Waals surface area contributed by atoms with Gasteiger partial charge in [0.25, 0.3) is 0 Å². The molecule has 0 saturated heterocycles. The predicted molar refractivity (Wildman–Crippen MR) is 84.7 cm³/mol. The van der Waals surface area contributed by atoms with Gasteiger partial charge in [0, 0.05) is 11.5 Å². The first kappa shape index (κ1) is 15.5. The van der Waals surface area contributed by atoms with Crippen molar-refractivity contribution < 1.29 is 9.90 Å². The third-order valence-corrected chi connectivity index (χ3v) is 6.01. The molecule has 0 bridgehead atoms. The van der Waals surface area contributed by atoms with Crippen LogP contribution >= 0.6 is 0 Å². The number of hydrogen-bond donors (Lipinski definition) is 1. The van der Waals surface area contributed by atoms with E-state index >= 15 is 0 Å². The van der Waals surface area contributed by atoms with E-state index in [1.165, 1.54) is 0 Å². The summed E-state index contributed by atoms with van der Waals surface area (Å²) in [7, 11) is 0. The van der Waals surface area contributed by atoms with Crippen molar-refractivity contribution in [1.82, 2.24) is 0 Å². The van der Waals surface area contributed by atoms with Crippen molar-refractivity contribution in [2.75, 3.05) is 0 Å². The molecule has 1 N–H and O–H groups in total. The fraction of sp³-hybridized carbons (Fsp3) is 0.684. The minimum absolute atomic E-state index is 0.113. The Balaban J connectivity index is 2.23. The van der Waals surface area contributed by atoms with E-state index in [2.05, 4.69) is 26.0 Å². The average Bonchev–Trinajstić information content (AvgIpc) is 2.67. The van der Waals surface area contributed by atoms with Crippen LogP contribution in [0, 0.1) is 40.9 Å². The summed E-state index contributed by atoms with van der Waals surface area (Å²) in [6, 6.07) is 2.13. The van der Waals surface area contributed by atoms with Crippen LogP contribution < -0.4 is 0 Å². The van der Waals surface area contributed by atoms with Gasteiger partial charge in [0.2, 0.25) is 0 Å². The highest BCUT2D eigenvalue weighted by atomic mass is 16.3. The van der Waals surface area contributed by atoms with Gasteiger partial charge >= 0.3 is 0 Å². The predicted octanol–water partition coefficient (Wildman–Crippen LogP) is 3.40. The molecule has 6 atom stereocenters. The maximum Gasteiger partial charge on any atom is 0.179 e. The Morgan fingerprint density at radius 2 is 2.05 bits per heavy atom. The number of nitrogens with zero attached hydrogens (tertiary/aromatic N) is 1. The summed E-state index contributed by atoms with van der Waals surface area (Å²) in [6.07, 6.45) is 4.93. The van der Waals surface area contributed by atoms with E-state index in [1.807, 2.05) is 13.8 Å². The van der Waals surface area contributed by atoms with E-state index < -0.39 is 11.5 Å². The van der Waals surface area contributed by atoms with Gasteiger partial charge in [-0.15, -0.1) is 0 Å². The molecule has 22 heavy (non-hydrogen) atoms. The van der Waals surface area contributed by atoms with Gasteiger partial charge in [0.05, 0.1) is 6.07 Å². The first-order valence-electron chi connectivity index (χ1n) is 8.38. The zero-order valence-electron chi connectivity index (χ0n) is 13.9. The summed E-state index contributed by atoms with van der Waals surface area (Å²) in [5, 5.41) is 21.1. The SMILES string of the molecule is CC(C)=C[C@@H]1C[C@H](C)[C@H]2CC[C@H](C)C3=C2[C@@]1(O)[C@@H](C#N)C3=O. The van der Waals surface area contributed by atoms with Gasteiger partial charge in [0.15, 0.2) is 5.78 Å². The van der Waals surface area contributed by atoms with E-state index in [9.17, 15) is 15.2 Å². The van der Waals surface area contributed by atoms with Gasteiger partial charge in [-0.2, -0.15) is 5.26 Å². The number of hydrogen-bond acceptors (Lipinski definition) is 3. The monoisotopic (exact) mass is 299 g/mol. The minimum atomic E-state index is -1.27. The second-order valence-corrected chi connectivity index (χ2v) is 7.73. The van der Waals surface area contributed by atoms with Gasteiger partial charge in [-0.05, 0) is 56.4 Å². The van der Waals surface area contributed by atoms with Crippen LogP contribution in [0.4, 0.5) is 0 Å². The van der Waals surface area contributed by atoms with Gasteiger partial charge in [-0.1, -0.05) is 25.5 Å². The molecular formula is C19H25NO2. The number of carbonyl (C=O) groups is 1. The lowest BCUT2D eigenvalue weighted by atomic mass is 9.58. The zero-order chi connectivity index (χ0) is 16.2. The molecule has 0 spiro atoms. The maximum atomic E-state index is 12.8. The Kier molecular flexibility index (Phi) is 3.57. The number of carbonyl (C=O) groups excluding carboxylic acids is 1. The first-order valence-corrected chi connectivity index (χ1v) is 8.38. The van der Waals surface area contributed by atoms with Crippen molar-refractivity contribution in [1.29, 1.82) is 5.26 Å². The summed E-state index contributed by atoms with van der Waals surface area (Å²) in [5.41, 5.74) is 1.56. The fourth-order valence-electron chi connectivity index (χ4n) is 5.06. The molecule has 0 amide bonds. The van der Waals surface area contributed by atoms with Crippen LogP contribution in [0.2, 0.25) is 0 Å². The molecule has 0 aromatic rings. The molecular weight excluding hydrogens is 274 g/mol. The fourth-order valence-corrected chi connectivity index (χ4v) is 5.06. The lowest BCUT2D eigenvalue weighted by Crippen LogP contribution is -2.51. The Morgan fingerprint density at radius 3 is 2.64 bits per heavy atom. The smallest absolute Gasteiger partial charge is 0.179 e. The molecule has 3 aliphatic rings. The van der Waals surface area contributed by atoms with Gasteiger partial charge in [0.1, 0.15) is 11.5 Å². The summed E-state index contributed by atoms with van der Waals surface area (Å²) >= 11 is 0. The minimum Gasteiger partial charge on any atom is -0.383 e. The molecule has 3 heteroatoms. The van der Waals surface area contributed by atoms with E-state index in [1.54, 1.807) is 0 Å². The quantitative estimate of drug-likeness (QED) is 0.755. The maximum absolute atomic E-state index is 12.8. The van der Waals surface area contributed by atoms with Crippen LogP contribution in [-0.4, -0.2) is 16.5 Å². The number of nitriles is 1. The van der Waals surface area contributed by atoms with Crippen molar-refractivity contribution in [3.05, 3.63) is 22.8 Å². The van der Waals surface area contributed by atoms with Crippen LogP contribution in [-0.2, 0) is 4.79 Å². The zero-order valence-corrected chi connectivity index (χ0v) is 13.9. The summed E-state index contributed by atoms with van der Waals surface area (Å²) in [5.74, 6) is -0.285. The van der Waals surface area contributed by atoms with E-state index in [0.29, 0.717) is 5.92 Å². The Morgan fingerprint density at radius 1 is 1.36 bits per heavy atom. The number of ketones is 1. The molecule has 0 aliphatic heterocycles. The largest absolute Gasteiger partial charge is 0.383 e. The molecule has 0 radical (unpaired) electrons. The van der Waals surface area contributed by atoms with Crippen LogP contribution in [0.5, 0.6) is 0 Å². The van der Waals surface area contributed by atoms with Crippen LogP contribution in [0.15, 0.2) is 22.8 Å². The standard InChI is InChI=1S/C19H25NO2/c1-10(2)7-13-8-12(4)14-6-5-11(3)16-17(14)19(13,22)15(9-20)18(16)21/h7,11-15,22H,5-6,8H2,1-4H3/t11-,12-,13+,14+,15-,19-/m0/s1. The van der Waals surface area contributed by atoms with Crippen LogP contribution in [0.25, 0.3) is 0 Å². The second kappa shape index (κ2) is 5.06. The lowest BCUT2D eigenvalue weighted by molar-refractivity contribution is -0.123. The summed E-state index contributed by atoms with van der Waals surface area (Å²) < 4.78 is 0. The summed E-state index contributed by atoms with van der Waals surface area (Å²) in [6.45, 7) is 8.31. The van der Waals surface area contributed by atoms with Crippen molar-refractivity contribution >= 4 is 5.78 Å². The number of rotatable bonds is 1. The van der Waals surface area contributed by atoms with Crippen LogP contribution in [0.3, 0.4) is 0 Å². The van der Waals surface area contributed by atoms with Crippen LogP contribution in [0.1, 0.15) is 47.0 Å². The Bertz CT molecular complexity index is 620. The molecule has 1 fully saturated rings. The molecule has 3 rings (SSSR count). The molecule has 0 unspecified atom stereocenters. The highest BCUT2D eigenvalue weighted by Gasteiger charge is 2.62. The second-order valence-electron chi connectivity index (χ2n) is 7.73.